The molecule has 0 saturated carbocycles. The third-order valence-electron chi connectivity index (χ3n) is 4.91. The smallest absolute Gasteiger partial charge is 0.332 e. The molecule has 2 unspecified atom stereocenters. The van der Waals surface area contributed by atoms with Crippen LogP contribution in [0.5, 0.6) is 0 Å². The summed E-state index contributed by atoms with van der Waals surface area (Å²) in [6.07, 6.45) is 1.19. The van der Waals surface area contributed by atoms with Gasteiger partial charge in [0.05, 0.1) is 0 Å². The summed E-state index contributed by atoms with van der Waals surface area (Å²) < 4.78 is 4.51. The number of nitrogens with zero attached hydrogens (tertiary/aromatic N) is 5. The van der Waals surface area contributed by atoms with E-state index in [4.69, 9.17) is 4.98 Å². The molecular formula is C18H27N5O2. The molecule has 25 heavy (non-hydrogen) atoms. The van der Waals surface area contributed by atoms with Crippen LogP contribution in [0.1, 0.15) is 27.2 Å². The van der Waals surface area contributed by atoms with E-state index in [-0.39, 0.29) is 11.2 Å². The highest BCUT2D eigenvalue weighted by Crippen LogP contribution is 2.28. The first-order valence-corrected chi connectivity index (χ1v) is 8.76. The number of fused-ring (bicyclic) bond motifs is 1. The number of aryl methyl sites for hydroxylation is 1. The molecule has 0 radical (unpaired) electrons. The summed E-state index contributed by atoms with van der Waals surface area (Å²) >= 11 is 0. The first kappa shape index (κ1) is 17.5. The van der Waals surface area contributed by atoms with Gasteiger partial charge in [-0.3, -0.25) is 13.9 Å². The third-order valence-corrected chi connectivity index (χ3v) is 4.91. The van der Waals surface area contributed by atoms with Gasteiger partial charge in [-0.15, -0.1) is 0 Å². The van der Waals surface area contributed by atoms with Gasteiger partial charge >= 0.3 is 5.69 Å². The van der Waals surface area contributed by atoms with Crippen LogP contribution < -0.4 is 16.1 Å². The molecule has 0 spiro atoms. The number of imidazole rings is 1. The molecule has 1 aliphatic rings. The van der Waals surface area contributed by atoms with Gasteiger partial charge in [0.2, 0.25) is 5.95 Å². The Bertz CT molecular complexity index is 939. The quantitative estimate of drug-likeness (QED) is 0.791. The van der Waals surface area contributed by atoms with E-state index in [0.29, 0.717) is 29.5 Å². The van der Waals surface area contributed by atoms with Crippen molar-refractivity contribution in [2.45, 2.75) is 33.7 Å². The van der Waals surface area contributed by atoms with Crippen molar-refractivity contribution < 1.29 is 0 Å². The number of aromatic nitrogens is 4. The highest BCUT2D eigenvalue weighted by atomic mass is 16.2. The molecule has 7 heteroatoms. The summed E-state index contributed by atoms with van der Waals surface area (Å²) in [7, 11) is 3.17. The topological polar surface area (TPSA) is 65.1 Å². The zero-order valence-corrected chi connectivity index (χ0v) is 15.7. The monoisotopic (exact) mass is 345 g/mol. The minimum absolute atomic E-state index is 0.309. The standard InChI is InChI=1S/C18H27N5O2/c1-11(2)8-23-14-15(20(5)18(25)21(6)16(14)24)19-17(23)22-9-12(3)7-13(4)10-22/h12-13H,1,7-10H2,2-6H3. The minimum Gasteiger partial charge on any atom is -0.342 e. The SMILES string of the molecule is C=C(C)Cn1c(N2CC(C)CC(C)C2)nc2c1c(=O)n(C)c(=O)n2C. The van der Waals surface area contributed by atoms with Gasteiger partial charge in [0.15, 0.2) is 11.2 Å². The molecular weight excluding hydrogens is 318 g/mol. The van der Waals surface area contributed by atoms with Gasteiger partial charge in [0.25, 0.3) is 5.56 Å². The van der Waals surface area contributed by atoms with Crippen LogP contribution in [-0.2, 0) is 20.6 Å². The zero-order valence-electron chi connectivity index (χ0n) is 15.7. The first-order valence-electron chi connectivity index (χ1n) is 8.76. The number of hydrogen-bond acceptors (Lipinski definition) is 4. The van der Waals surface area contributed by atoms with Crippen molar-refractivity contribution in [3.05, 3.63) is 33.0 Å². The van der Waals surface area contributed by atoms with Crippen molar-refractivity contribution in [2.24, 2.45) is 25.9 Å². The van der Waals surface area contributed by atoms with Gasteiger partial charge in [-0.25, -0.2) is 4.79 Å². The van der Waals surface area contributed by atoms with E-state index in [9.17, 15) is 9.59 Å². The Labute approximate surface area is 147 Å². The summed E-state index contributed by atoms with van der Waals surface area (Å²) in [4.78, 5) is 32.0. The molecule has 0 aliphatic carbocycles. The number of hydrogen-bond donors (Lipinski definition) is 0. The fraction of sp³-hybridized carbons (Fsp3) is 0.611. The van der Waals surface area contributed by atoms with Gasteiger partial charge in [0, 0.05) is 33.7 Å². The van der Waals surface area contributed by atoms with Crippen molar-refractivity contribution in [1.29, 1.82) is 0 Å². The number of rotatable bonds is 3. The molecule has 2 aromatic rings. The number of piperidine rings is 1. The Kier molecular flexibility index (Phi) is 4.34. The lowest BCUT2D eigenvalue weighted by Crippen LogP contribution is -2.40. The van der Waals surface area contributed by atoms with Gasteiger partial charge in [-0.2, -0.15) is 4.98 Å². The summed E-state index contributed by atoms with van der Waals surface area (Å²) in [5, 5.41) is 0. The Morgan fingerprint density at radius 3 is 2.32 bits per heavy atom. The summed E-state index contributed by atoms with van der Waals surface area (Å²) in [6, 6.07) is 0. The summed E-state index contributed by atoms with van der Waals surface area (Å²) in [6.45, 7) is 12.7. The maximum atomic E-state index is 12.8. The first-order chi connectivity index (χ1) is 11.7. The second-order valence-corrected chi connectivity index (χ2v) is 7.68. The van der Waals surface area contributed by atoms with Gasteiger partial charge in [0.1, 0.15) is 0 Å². The molecule has 0 amide bonds. The lowest BCUT2D eigenvalue weighted by Gasteiger charge is -2.35. The van der Waals surface area contributed by atoms with E-state index in [1.165, 1.54) is 18.0 Å². The number of allylic oxidation sites excluding steroid dienone is 1. The van der Waals surface area contributed by atoms with Crippen LogP contribution >= 0.6 is 0 Å². The molecule has 0 bridgehead atoms. The largest absolute Gasteiger partial charge is 0.342 e. The van der Waals surface area contributed by atoms with Crippen LogP contribution in [0.2, 0.25) is 0 Å². The number of anilines is 1. The van der Waals surface area contributed by atoms with Crippen molar-refractivity contribution in [3.8, 4) is 0 Å². The summed E-state index contributed by atoms with van der Waals surface area (Å²) in [5.41, 5.74) is 1.18. The molecule has 1 fully saturated rings. The molecule has 0 N–H and O–H groups in total. The van der Waals surface area contributed by atoms with Crippen LogP contribution in [0.15, 0.2) is 21.7 Å². The molecule has 2 aromatic heterocycles. The highest BCUT2D eigenvalue weighted by molar-refractivity contribution is 5.74. The lowest BCUT2D eigenvalue weighted by molar-refractivity contribution is 0.352. The maximum absolute atomic E-state index is 12.8. The van der Waals surface area contributed by atoms with E-state index in [2.05, 4.69) is 25.3 Å². The van der Waals surface area contributed by atoms with Crippen LogP contribution in [0, 0.1) is 11.8 Å². The molecule has 7 nitrogen and oxygen atoms in total. The van der Waals surface area contributed by atoms with Crippen LogP contribution in [0.4, 0.5) is 5.95 Å². The van der Waals surface area contributed by atoms with E-state index >= 15 is 0 Å². The van der Waals surface area contributed by atoms with Crippen molar-refractivity contribution in [2.75, 3.05) is 18.0 Å². The second-order valence-electron chi connectivity index (χ2n) is 7.68. The molecule has 0 aromatic carbocycles. The molecule has 3 rings (SSSR count). The lowest BCUT2D eigenvalue weighted by atomic mass is 9.92. The molecule has 1 aliphatic heterocycles. The van der Waals surface area contributed by atoms with Gasteiger partial charge in [-0.05, 0) is 25.2 Å². The zero-order chi connectivity index (χ0) is 18.5. The van der Waals surface area contributed by atoms with E-state index < -0.39 is 0 Å². The van der Waals surface area contributed by atoms with Crippen molar-refractivity contribution in [1.82, 2.24) is 18.7 Å². The van der Waals surface area contributed by atoms with E-state index in [0.717, 1.165) is 29.2 Å². The second kappa shape index (κ2) is 6.20. The molecule has 3 heterocycles. The normalized spacial score (nSPS) is 21.1. The van der Waals surface area contributed by atoms with E-state index in [1.54, 1.807) is 7.05 Å². The Hall–Kier alpha value is -2.31. The van der Waals surface area contributed by atoms with Gasteiger partial charge < -0.3 is 9.47 Å². The average Bonchev–Trinajstić information content (AvgIpc) is 2.88. The Morgan fingerprint density at radius 1 is 1.16 bits per heavy atom. The molecule has 2 atom stereocenters. The molecule has 1 saturated heterocycles. The fourth-order valence-electron chi connectivity index (χ4n) is 3.92. The van der Waals surface area contributed by atoms with Crippen molar-refractivity contribution in [3.63, 3.8) is 0 Å². The molecule has 136 valence electrons. The Morgan fingerprint density at radius 2 is 1.76 bits per heavy atom. The Balaban J connectivity index is 2.30. The van der Waals surface area contributed by atoms with Gasteiger partial charge in [-0.1, -0.05) is 26.0 Å². The van der Waals surface area contributed by atoms with Crippen LogP contribution in [-0.4, -0.2) is 31.8 Å². The minimum atomic E-state index is -0.357. The fourth-order valence-corrected chi connectivity index (χ4v) is 3.92. The van der Waals surface area contributed by atoms with Crippen LogP contribution in [0.3, 0.4) is 0 Å². The highest BCUT2D eigenvalue weighted by Gasteiger charge is 2.28. The average molecular weight is 345 g/mol. The predicted octanol–water partition coefficient (Wildman–Crippen LogP) is 1.49. The summed E-state index contributed by atoms with van der Waals surface area (Å²) in [5.74, 6) is 1.89. The predicted molar refractivity (Wildman–Crippen MR) is 100 cm³/mol. The maximum Gasteiger partial charge on any atom is 0.332 e. The van der Waals surface area contributed by atoms with E-state index in [1.807, 2.05) is 11.5 Å². The van der Waals surface area contributed by atoms with Crippen LogP contribution in [0.25, 0.3) is 11.2 Å². The third kappa shape index (κ3) is 2.92. The van der Waals surface area contributed by atoms with Crippen molar-refractivity contribution >= 4 is 17.1 Å².